The van der Waals surface area contributed by atoms with E-state index in [1.807, 2.05) is 43.6 Å². The Labute approximate surface area is 100 Å². The molecule has 3 N–H and O–H groups in total. The first-order chi connectivity index (χ1) is 8.24. The fourth-order valence-electron chi connectivity index (χ4n) is 1.76. The number of nitrogens with two attached hydrogens (primary N) is 1. The number of nitrogens with one attached hydrogen (secondary N) is 1. The van der Waals surface area contributed by atoms with Crippen LogP contribution in [0.4, 0.5) is 0 Å². The van der Waals surface area contributed by atoms with E-state index < -0.39 is 0 Å². The molecule has 0 aliphatic rings. The molecule has 0 amide bonds. The monoisotopic (exact) mass is 232 g/mol. The third-order valence-electron chi connectivity index (χ3n) is 2.62. The van der Waals surface area contributed by atoms with Gasteiger partial charge in [-0.1, -0.05) is 12.1 Å². The summed E-state index contributed by atoms with van der Waals surface area (Å²) in [6.07, 6.45) is 1.89. The zero-order valence-electron chi connectivity index (χ0n) is 9.92. The highest BCUT2D eigenvalue weighted by atomic mass is 16.5. The zero-order valence-corrected chi connectivity index (χ0v) is 9.92. The number of hydrazine groups is 1. The number of hydrogen-bond acceptors (Lipinski definition) is 4. The number of rotatable bonds is 4. The Morgan fingerprint density at radius 3 is 2.82 bits per heavy atom. The van der Waals surface area contributed by atoms with Crippen molar-refractivity contribution >= 4 is 0 Å². The van der Waals surface area contributed by atoms with Crippen molar-refractivity contribution in [3.63, 3.8) is 0 Å². The largest absolute Gasteiger partial charge is 0.497 e. The molecule has 1 aromatic heterocycles. The lowest BCUT2D eigenvalue weighted by Gasteiger charge is -2.14. The van der Waals surface area contributed by atoms with E-state index in [2.05, 4.69) is 10.5 Å². The molecule has 2 rings (SSSR count). The lowest BCUT2D eigenvalue weighted by atomic mass is 10.0. The molecular formula is C12H16N4O. The van der Waals surface area contributed by atoms with Gasteiger partial charge < -0.3 is 4.74 Å². The van der Waals surface area contributed by atoms with Gasteiger partial charge in [0.05, 0.1) is 18.8 Å². The highest BCUT2D eigenvalue weighted by Crippen LogP contribution is 2.23. The van der Waals surface area contributed by atoms with Crippen molar-refractivity contribution in [2.24, 2.45) is 12.9 Å². The first-order valence-electron chi connectivity index (χ1n) is 5.34. The Hall–Kier alpha value is -1.85. The lowest BCUT2D eigenvalue weighted by Crippen LogP contribution is -2.29. The molecule has 0 aliphatic carbocycles. The number of methoxy groups -OCH3 is 1. The van der Waals surface area contributed by atoms with Crippen LogP contribution in [0.15, 0.2) is 36.5 Å². The molecule has 0 saturated carbocycles. The van der Waals surface area contributed by atoms with E-state index >= 15 is 0 Å². The van der Waals surface area contributed by atoms with E-state index in [1.54, 1.807) is 11.8 Å². The maximum absolute atomic E-state index is 5.60. The summed E-state index contributed by atoms with van der Waals surface area (Å²) in [4.78, 5) is 0. The van der Waals surface area contributed by atoms with Crippen LogP contribution in [0.25, 0.3) is 0 Å². The quantitative estimate of drug-likeness (QED) is 0.609. The van der Waals surface area contributed by atoms with Gasteiger partial charge in [0, 0.05) is 13.2 Å². The SMILES string of the molecule is COc1cccc(C(NN)c2ccn(C)n2)c1. The van der Waals surface area contributed by atoms with Crippen LogP contribution in [0, 0.1) is 0 Å². The maximum Gasteiger partial charge on any atom is 0.119 e. The number of hydrogen-bond donors (Lipinski definition) is 2. The van der Waals surface area contributed by atoms with Gasteiger partial charge >= 0.3 is 0 Å². The molecule has 1 heterocycles. The van der Waals surface area contributed by atoms with Crippen LogP contribution in [0.5, 0.6) is 5.75 Å². The first-order valence-corrected chi connectivity index (χ1v) is 5.34. The minimum atomic E-state index is -0.133. The molecule has 1 atom stereocenters. The average Bonchev–Trinajstić information content (AvgIpc) is 2.77. The summed E-state index contributed by atoms with van der Waals surface area (Å²) >= 11 is 0. The van der Waals surface area contributed by atoms with E-state index in [0.717, 1.165) is 17.0 Å². The molecule has 1 unspecified atom stereocenters. The maximum atomic E-state index is 5.60. The van der Waals surface area contributed by atoms with Gasteiger partial charge in [0.1, 0.15) is 5.75 Å². The van der Waals surface area contributed by atoms with Crippen LogP contribution >= 0.6 is 0 Å². The Morgan fingerprint density at radius 1 is 1.41 bits per heavy atom. The van der Waals surface area contributed by atoms with E-state index in [-0.39, 0.29) is 6.04 Å². The minimum absolute atomic E-state index is 0.133. The molecule has 0 fully saturated rings. The molecule has 1 aromatic carbocycles. The van der Waals surface area contributed by atoms with Gasteiger partial charge in [-0.25, -0.2) is 5.43 Å². The van der Waals surface area contributed by atoms with E-state index in [4.69, 9.17) is 10.6 Å². The fourth-order valence-corrected chi connectivity index (χ4v) is 1.76. The van der Waals surface area contributed by atoms with E-state index in [9.17, 15) is 0 Å². The van der Waals surface area contributed by atoms with Crippen LogP contribution in [0.2, 0.25) is 0 Å². The van der Waals surface area contributed by atoms with Gasteiger partial charge in [0.25, 0.3) is 0 Å². The van der Waals surface area contributed by atoms with E-state index in [0.29, 0.717) is 0 Å². The van der Waals surface area contributed by atoms with Crippen LogP contribution in [-0.2, 0) is 7.05 Å². The Kier molecular flexibility index (Phi) is 3.41. The summed E-state index contributed by atoms with van der Waals surface area (Å²) in [5.41, 5.74) is 4.66. The summed E-state index contributed by atoms with van der Waals surface area (Å²) in [5.74, 6) is 6.40. The highest BCUT2D eigenvalue weighted by molar-refractivity contribution is 5.34. The van der Waals surface area contributed by atoms with Crippen LogP contribution in [0.1, 0.15) is 17.3 Å². The summed E-state index contributed by atoms with van der Waals surface area (Å²) < 4.78 is 6.95. The molecule has 0 bridgehead atoms. The summed E-state index contributed by atoms with van der Waals surface area (Å²) in [5, 5.41) is 4.35. The molecule has 2 aromatic rings. The van der Waals surface area contributed by atoms with Crippen LogP contribution in [0.3, 0.4) is 0 Å². The van der Waals surface area contributed by atoms with Gasteiger partial charge in [-0.05, 0) is 23.8 Å². The van der Waals surface area contributed by atoms with Gasteiger partial charge in [0.2, 0.25) is 0 Å². The Bertz CT molecular complexity index is 495. The summed E-state index contributed by atoms with van der Waals surface area (Å²) in [6.45, 7) is 0. The first kappa shape index (κ1) is 11.6. The number of benzene rings is 1. The van der Waals surface area contributed by atoms with Crippen LogP contribution in [-0.4, -0.2) is 16.9 Å². The third-order valence-corrected chi connectivity index (χ3v) is 2.62. The van der Waals surface area contributed by atoms with Crippen molar-refractivity contribution in [1.29, 1.82) is 0 Å². The van der Waals surface area contributed by atoms with Crippen molar-refractivity contribution < 1.29 is 4.74 Å². The molecule has 0 radical (unpaired) electrons. The number of ether oxygens (including phenoxy) is 1. The highest BCUT2D eigenvalue weighted by Gasteiger charge is 2.15. The number of aryl methyl sites for hydroxylation is 1. The predicted molar refractivity (Wildman–Crippen MR) is 65.4 cm³/mol. The topological polar surface area (TPSA) is 65.1 Å². The van der Waals surface area contributed by atoms with Crippen molar-refractivity contribution in [1.82, 2.24) is 15.2 Å². The average molecular weight is 232 g/mol. The number of nitrogens with zero attached hydrogens (tertiary/aromatic N) is 2. The van der Waals surface area contributed by atoms with E-state index in [1.165, 1.54) is 0 Å². The Morgan fingerprint density at radius 2 is 2.24 bits per heavy atom. The molecule has 5 heteroatoms. The predicted octanol–water partition coefficient (Wildman–Crippen LogP) is 0.981. The molecular weight excluding hydrogens is 216 g/mol. The molecule has 0 saturated heterocycles. The second kappa shape index (κ2) is 4.99. The van der Waals surface area contributed by atoms with Crippen molar-refractivity contribution in [2.45, 2.75) is 6.04 Å². The van der Waals surface area contributed by atoms with Gasteiger partial charge in [-0.2, -0.15) is 5.10 Å². The molecule has 90 valence electrons. The molecule has 5 nitrogen and oxygen atoms in total. The normalized spacial score (nSPS) is 12.4. The smallest absolute Gasteiger partial charge is 0.119 e. The summed E-state index contributed by atoms with van der Waals surface area (Å²) in [7, 11) is 3.52. The van der Waals surface area contributed by atoms with Crippen molar-refractivity contribution in [2.75, 3.05) is 7.11 Å². The Balaban J connectivity index is 2.34. The minimum Gasteiger partial charge on any atom is -0.497 e. The molecule has 0 spiro atoms. The summed E-state index contributed by atoms with van der Waals surface area (Å²) in [6, 6.07) is 9.56. The van der Waals surface area contributed by atoms with Crippen molar-refractivity contribution in [3.8, 4) is 5.75 Å². The van der Waals surface area contributed by atoms with Gasteiger partial charge in [-0.15, -0.1) is 0 Å². The fraction of sp³-hybridized carbons (Fsp3) is 0.250. The van der Waals surface area contributed by atoms with Gasteiger partial charge in [0.15, 0.2) is 0 Å². The van der Waals surface area contributed by atoms with Gasteiger partial charge in [-0.3, -0.25) is 10.5 Å². The standard InChI is InChI=1S/C12H16N4O/c1-16-7-6-11(15-16)12(14-13)9-4-3-5-10(8-9)17-2/h3-8,12,14H,13H2,1-2H3. The molecule has 0 aliphatic heterocycles. The number of aromatic nitrogens is 2. The second-order valence-electron chi connectivity index (χ2n) is 3.79. The molecule has 17 heavy (non-hydrogen) atoms. The third kappa shape index (κ3) is 2.46. The zero-order chi connectivity index (χ0) is 12.3. The second-order valence-corrected chi connectivity index (χ2v) is 3.79. The lowest BCUT2D eigenvalue weighted by molar-refractivity contribution is 0.413. The van der Waals surface area contributed by atoms with Crippen LogP contribution < -0.4 is 16.0 Å². The van der Waals surface area contributed by atoms with Crippen molar-refractivity contribution in [3.05, 3.63) is 47.8 Å².